The molecule has 0 aromatic rings. The fraction of sp³-hybridized carbons (Fsp3) is 1.00. The van der Waals surface area contributed by atoms with Crippen LogP contribution in [-0.2, 0) is 9.47 Å². The first kappa shape index (κ1) is 7.90. The summed E-state index contributed by atoms with van der Waals surface area (Å²) in [6.07, 6.45) is 2.24. The van der Waals surface area contributed by atoms with Gasteiger partial charge in [-0.25, -0.2) is 0 Å². The highest BCUT2D eigenvalue weighted by Crippen LogP contribution is 2.29. The Morgan fingerprint density at radius 3 is 2.82 bits per heavy atom. The zero-order valence-electron chi connectivity index (χ0n) is 6.79. The Labute approximate surface area is 71.6 Å². The molecule has 0 radical (unpaired) electrons. The molecule has 2 fully saturated rings. The summed E-state index contributed by atoms with van der Waals surface area (Å²) in [5, 5.41) is 0.721. The third-order valence-electron chi connectivity index (χ3n) is 2.21. The van der Waals surface area contributed by atoms with Gasteiger partial charge in [-0.2, -0.15) is 11.8 Å². The first-order valence-electron chi connectivity index (χ1n) is 4.21. The molecule has 0 saturated carbocycles. The van der Waals surface area contributed by atoms with Crippen LogP contribution in [-0.4, -0.2) is 36.4 Å². The minimum absolute atomic E-state index is 0.457. The summed E-state index contributed by atoms with van der Waals surface area (Å²) in [7, 11) is 0. The predicted molar refractivity (Wildman–Crippen MR) is 46.0 cm³/mol. The Hall–Kier alpha value is 0.270. The molecule has 64 valence electrons. The van der Waals surface area contributed by atoms with Crippen LogP contribution in [0.1, 0.15) is 13.3 Å². The number of hydrogen-bond acceptors (Lipinski definition) is 3. The second kappa shape index (κ2) is 3.33. The molecule has 0 bridgehead atoms. The molecule has 2 unspecified atom stereocenters. The number of epoxide rings is 1. The Balaban J connectivity index is 1.67. The summed E-state index contributed by atoms with van der Waals surface area (Å²) in [4.78, 5) is 0. The lowest BCUT2D eigenvalue weighted by Crippen LogP contribution is -2.14. The largest absolute Gasteiger partial charge is 0.377 e. The van der Waals surface area contributed by atoms with Gasteiger partial charge in [0.05, 0.1) is 18.8 Å². The maximum Gasteiger partial charge on any atom is 0.0900 e. The predicted octanol–water partition coefficient (Wildman–Crippen LogP) is 1.30. The molecule has 2 nitrogen and oxygen atoms in total. The second-order valence-corrected chi connectivity index (χ2v) is 4.46. The molecule has 0 aromatic heterocycles. The Kier molecular flexibility index (Phi) is 2.39. The van der Waals surface area contributed by atoms with Crippen molar-refractivity contribution >= 4 is 11.8 Å². The van der Waals surface area contributed by atoms with Crippen molar-refractivity contribution in [2.45, 2.75) is 30.8 Å². The number of rotatable bonds is 3. The van der Waals surface area contributed by atoms with E-state index in [0.717, 1.165) is 18.5 Å². The fourth-order valence-electron chi connectivity index (χ4n) is 1.33. The smallest absolute Gasteiger partial charge is 0.0900 e. The monoisotopic (exact) mass is 174 g/mol. The third kappa shape index (κ3) is 2.10. The first-order valence-corrected chi connectivity index (χ1v) is 5.26. The number of thioether (sulfide) groups is 1. The van der Waals surface area contributed by atoms with E-state index in [1.165, 1.54) is 12.2 Å². The highest BCUT2D eigenvalue weighted by molar-refractivity contribution is 8.00. The molecule has 0 N–H and O–H groups in total. The molecule has 2 aliphatic heterocycles. The van der Waals surface area contributed by atoms with Crippen LogP contribution in [0.2, 0.25) is 0 Å². The van der Waals surface area contributed by atoms with Gasteiger partial charge in [-0.15, -0.1) is 0 Å². The van der Waals surface area contributed by atoms with Gasteiger partial charge in [0.2, 0.25) is 0 Å². The molecule has 2 aliphatic rings. The fourth-order valence-corrected chi connectivity index (χ4v) is 2.59. The summed E-state index contributed by atoms with van der Waals surface area (Å²) in [6, 6.07) is 0. The van der Waals surface area contributed by atoms with E-state index >= 15 is 0 Å². The van der Waals surface area contributed by atoms with Crippen LogP contribution >= 0.6 is 11.8 Å². The molecule has 11 heavy (non-hydrogen) atoms. The summed E-state index contributed by atoms with van der Waals surface area (Å²) in [5.41, 5.74) is 0. The van der Waals surface area contributed by atoms with Gasteiger partial charge in [-0.05, 0) is 13.3 Å². The molecular formula is C8H14O2S. The average molecular weight is 174 g/mol. The molecule has 3 heteroatoms. The lowest BCUT2D eigenvalue weighted by molar-refractivity contribution is 0.127. The van der Waals surface area contributed by atoms with E-state index in [0.29, 0.717) is 12.2 Å². The van der Waals surface area contributed by atoms with E-state index < -0.39 is 0 Å². The molecular weight excluding hydrogens is 160 g/mol. The summed E-state index contributed by atoms with van der Waals surface area (Å²) in [6.45, 7) is 4.09. The van der Waals surface area contributed by atoms with Crippen molar-refractivity contribution in [2.75, 3.05) is 19.0 Å². The zero-order valence-corrected chi connectivity index (χ0v) is 7.60. The zero-order chi connectivity index (χ0) is 7.68. The second-order valence-electron chi connectivity index (χ2n) is 3.19. The maximum absolute atomic E-state index is 5.46. The van der Waals surface area contributed by atoms with Crippen molar-refractivity contribution in [1.82, 2.24) is 0 Å². The van der Waals surface area contributed by atoms with E-state index in [2.05, 4.69) is 6.92 Å². The van der Waals surface area contributed by atoms with Crippen molar-refractivity contribution in [2.24, 2.45) is 0 Å². The summed E-state index contributed by atoms with van der Waals surface area (Å²) in [5.74, 6) is 1.17. The van der Waals surface area contributed by atoms with Crippen LogP contribution < -0.4 is 0 Å². The van der Waals surface area contributed by atoms with Gasteiger partial charge in [0, 0.05) is 17.6 Å². The van der Waals surface area contributed by atoms with Crippen LogP contribution in [0.3, 0.4) is 0 Å². The minimum atomic E-state index is 0.457. The van der Waals surface area contributed by atoms with Gasteiger partial charge >= 0.3 is 0 Å². The van der Waals surface area contributed by atoms with Gasteiger partial charge in [0.15, 0.2) is 0 Å². The van der Waals surface area contributed by atoms with E-state index in [1.807, 2.05) is 11.8 Å². The molecule has 0 aromatic carbocycles. The van der Waals surface area contributed by atoms with Crippen LogP contribution in [0.4, 0.5) is 0 Å². The van der Waals surface area contributed by atoms with Gasteiger partial charge < -0.3 is 9.47 Å². The van der Waals surface area contributed by atoms with E-state index in [4.69, 9.17) is 9.47 Å². The van der Waals surface area contributed by atoms with E-state index in [9.17, 15) is 0 Å². The number of hydrogen-bond donors (Lipinski definition) is 0. The van der Waals surface area contributed by atoms with Gasteiger partial charge in [-0.3, -0.25) is 0 Å². The van der Waals surface area contributed by atoms with Gasteiger partial charge in [0.1, 0.15) is 0 Å². The Morgan fingerprint density at radius 2 is 2.27 bits per heavy atom. The van der Waals surface area contributed by atoms with Crippen LogP contribution in [0.5, 0.6) is 0 Å². The highest BCUT2D eigenvalue weighted by Gasteiger charge is 2.29. The molecule has 2 rings (SSSR count). The van der Waals surface area contributed by atoms with Crippen LogP contribution in [0.15, 0.2) is 0 Å². The Morgan fingerprint density at radius 1 is 1.45 bits per heavy atom. The SMILES string of the molecule is CC1OCCC1SC[C@H]1CO1. The van der Waals surface area contributed by atoms with Crippen molar-refractivity contribution < 1.29 is 9.47 Å². The van der Waals surface area contributed by atoms with Crippen molar-refractivity contribution in [3.63, 3.8) is 0 Å². The molecule has 0 spiro atoms. The van der Waals surface area contributed by atoms with Gasteiger partial charge in [0.25, 0.3) is 0 Å². The molecule has 3 atom stereocenters. The molecule has 0 aliphatic carbocycles. The molecule has 2 heterocycles. The van der Waals surface area contributed by atoms with Crippen LogP contribution in [0.25, 0.3) is 0 Å². The van der Waals surface area contributed by atoms with E-state index in [1.54, 1.807) is 0 Å². The van der Waals surface area contributed by atoms with Gasteiger partial charge in [-0.1, -0.05) is 0 Å². The summed E-state index contributed by atoms with van der Waals surface area (Å²) < 4.78 is 10.6. The lowest BCUT2D eigenvalue weighted by Gasteiger charge is -2.11. The molecule has 0 amide bonds. The van der Waals surface area contributed by atoms with Crippen LogP contribution in [0, 0.1) is 0 Å². The quantitative estimate of drug-likeness (QED) is 0.602. The number of ether oxygens (including phenoxy) is 2. The van der Waals surface area contributed by atoms with Crippen molar-refractivity contribution in [3.05, 3.63) is 0 Å². The normalized spacial score (nSPS) is 42.8. The topological polar surface area (TPSA) is 21.8 Å². The minimum Gasteiger partial charge on any atom is -0.377 e. The molecule has 2 saturated heterocycles. The Bertz CT molecular complexity index is 136. The van der Waals surface area contributed by atoms with Crippen molar-refractivity contribution in [1.29, 1.82) is 0 Å². The summed E-state index contributed by atoms with van der Waals surface area (Å²) >= 11 is 2.01. The third-order valence-corrected chi connectivity index (χ3v) is 3.82. The maximum atomic E-state index is 5.46. The lowest BCUT2D eigenvalue weighted by atomic mass is 10.3. The highest BCUT2D eigenvalue weighted by atomic mass is 32.2. The average Bonchev–Trinajstić information content (AvgIpc) is 2.73. The first-order chi connectivity index (χ1) is 5.36. The van der Waals surface area contributed by atoms with E-state index in [-0.39, 0.29) is 0 Å². The standard InChI is InChI=1S/C8H14O2S/c1-6-8(2-3-9-6)11-5-7-4-10-7/h6-8H,2-5H2,1H3/t6?,7-,8?/m1/s1. The van der Waals surface area contributed by atoms with Crippen molar-refractivity contribution in [3.8, 4) is 0 Å².